The number of fused-ring (bicyclic) bond motifs is 5. The number of rotatable bonds is 5. The van der Waals surface area contributed by atoms with E-state index in [4.69, 9.17) is 23.5 Å². The molecule has 0 unspecified atom stereocenters. The van der Waals surface area contributed by atoms with Crippen LogP contribution in [0.15, 0.2) is 0 Å². The fraction of sp³-hybridized carbons (Fsp3) is 0.960. The SMILES string of the molecule is [B]C([B])(CC[C@H]1CC[C@H]2[C@H]3[C@H](CC[C@]12C)[C@@]1(C)CC[C@@H](O)C[C@H]1[C@@H](CC)[C@@]3([B])O)C(=O)O. The highest BCUT2D eigenvalue weighted by atomic mass is 16.4. The van der Waals surface area contributed by atoms with Crippen LogP contribution >= 0.6 is 0 Å². The topological polar surface area (TPSA) is 77.8 Å². The number of carboxylic acid groups (broad SMARTS) is 1. The molecule has 0 aromatic rings. The van der Waals surface area contributed by atoms with Crippen LogP contribution in [0.3, 0.4) is 0 Å². The van der Waals surface area contributed by atoms with Crippen molar-refractivity contribution in [3.8, 4) is 0 Å². The van der Waals surface area contributed by atoms with E-state index in [0.717, 1.165) is 51.4 Å². The number of aliphatic hydroxyl groups is 2. The van der Waals surface area contributed by atoms with E-state index in [1.807, 2.05) is 0 Å². The van der Waals surface area contributed by atoms with Gasteiger partial charge in [0.15, 0.2) is 0 Å². The molecular formula is C25H39B3O4. The zero-order valence-corrected chi connectivity index (χ0v) is 20.1. The van der Waals surface area contributed by atoms with Gasteiger partial charge in [-0.3, -0.25) is 4.79 Å². The molecule has 4 fully saturated rings. The van der Waals surface area contributed by atoms with Crippen LogP contribution in [0.4, 0.5) is 0 Å². The zero-order chi connectivity index (χ0) is 23.7. The maximum Gasteiger partial charge on any atom is 0.292 e. The lowest BCUT2D eigenvalue weighted by molar-refractivity contribution is -0.219. The van der Waals surface area contributed by atoms with Gasteiger partial charge in [0.05, 0.1) is 21.8 Å². The van der Waals surface area contributed by atoms with Crippen molar-refractivity contribution in [2.45, 2.75) is 102 Å². The lowest BCUT2D eigenvalue weighted by Gasteiger charge is -2.68. The van der Waals surface area contributed by atoms with Gasteiger partial charge in [0.25, 0.3) is 5.97 Å². The smallest absolute Gasteiger partial charge is 0.292 e. The van der Waals surface area contributed by atoms with E-state index in [1.54, 1.807) is 0 Å². The molecule has 0 saturated heterocycles. The van der Waals surface area contributed by atoms with E-state index in [0.29, 0.717) is 24.2 Å². The molecular weight excluding hydrogens is 397 g/mol. The maximum absolute atomic E-state index is 11.9. The van der Waals surface area contributed by atoms with Gasteiger partial charge >= 0.3 is 0 Å². The molecule has 0 bridgehead atoms. The predicted molar refractivity (Wildman–Crippen MR) is 128 cm³/mol. The monoisotopic (exact) mass is 436 g/mol. The summed E-state index contributed by atoms with van der Waals surface area (Å²) in [6.07, 6.45) is 8.17. The Labute approximate surface area is 197 Å². The average Bonchev–Trinajstić information content (AvgIpc) is 3.04. The number of carbonyl (C=O) groups is 1. The zero-order valence-electron chi connectivity index (χ0n) is 20.1. The van der Waals surface area contributed by atoms with Crippen LogP contribution in [-0.2, 0) is 4.79 Å². The number of carboxylic acids is 1. The highest BCUT2D eigenvalue weighted by Gasteiger charge is 2.67. The summed E-state index contributed by atoms with van der Waals surface area (Å²) in [5.74, 6) is 0.124. The molecule has 0 heterocycles. The molecule has 0 aromatic carbocycles. The normalized spacial score (nSPS) is 50.8. The van der Waals surface area contributed by atoms with Gasteiger partial charge in [0, 0.05) is 5.50 Å². The first kappa shape index (κ1) is 24.7. The van der Waals surface area contributed by atoms with Crippen molar-refractivity contribution in [1.29, 1.82) is 0 Å². The third-order valence-corrected chi connectivity index (χ3v) is 11.1. The predicted octanol–water partition coefficient (Wildman–Crippen LogP) is 3.43. The van der Waals surface area contributed by atoms with Crippen molar-refractivity contribution in [2.75, 3.05) is 0 Å². The standard InChI is InChI=1S/C25H39B3O4/c1-4-16-19-13-15(29)8-10-23(19,3)18-9-11-22(2)14(7-12-24(26,27)21(30)31)5-6-17(22)20(18)25(16,28)32/h14-20,29,32H,4-13H2,1-3H3,(H,30,31)/t14-,15-,16-,17+,18+,19+,20+,22-,23-,25-/m1/s1. The molecule has 3 N–H and O–H groups in total. The van der Waals surface area contributed by atoms with Crippen molar-refractivity contribution in [1.82, 2.24) is 0 Å². The molecule has 4 rings (SSSR count). The van der Waals surface area contributed by atoms with E-state index < -0.39 is 16.7 Å². The Morgan fingerprint density at radius 1 is 1.03 bits per heavy atom. The van der Waals surface area contributed by atoms with Gasteiger partial charge in [0.1, 0.15) is 7.85 Å². The first-order valence-corrected chi connectivity index (χ1v) is 12.8. The first-order valence-electron chi connectivity index (χ1n) is 12.8. The summed E-state index contributed by atoms with van der Waals surface area (Å²) in [6.45, 7) is 6.85. The molecule has 4 aliphatic rings. The molecule has 32 heavy (non-hydrogen) atoms. The highest BCUT2D eigenvalue weighted by Crippen LogP contribution is 2.70. The molecule has 172 valence electrons. The number of aliphatic hydroxyl groups excluding tert-OH is 1. The fourth-order valence-corrected chi connectivity index (χ4v) is 9.24. The lowest BCUT2D eigenvalue weighted by atomic mass is 9.35. The van der Waals surface area contributed by atoms with E-state index in [9.17, 15) is 20.1 Å². The van der Waals surface area contributed by atoms with Gasteiger partial charge < -0.3 is 15.3 Å². The molecule has 0 aromatic heterocycles. The molecule has 10 atom stereocenters. The van der Waals surface area contributed by atoms with Gasteiger partial charge in [-0.1, -0.05) is 40.0 Å². The van der Waals surface area contributed by atoms with E-state index >= 15 is 0 Å². The maximum atomic E-state index is 11.9. The molecule has 0 spiro atoms. The molecule has 7 heteroatoms. The summed E-state index contributed by atoms with van der Waals surface area (Å²) in [5.41, 5.74) is -1.13. The van der Waals surface area contributed by atoms with Crippen molar-refractivity contribution in [3.63, 3.8) is 0 Å². The number of aliphatic carboxylic acids is 1. The Morgan fingerprint density at radius 3 is 2.28 bits per heavy atom. The number of hydrogen-bond acceptors (Lipinski definition) is 3. The van der Waals surface area contributed by atoms with Crippen LogP contribution in [0.2, 0.25) is 5.21 Å². The van der Waals surface area contributed by atoms with Crippen molar-refractivity contribution < 1.29 is 20.1 Å². The second kappa shape index (κ2) is 8.07. The lowest BCUT2D eigenvalue weighted by Crippen LogP contribution is -2.68. The van der Waals surface area contributed by atoms with Crippen LogP contribution in [0.1, 0.15) is 85.0 Å². The van der Waals surface area contributed by atoms with Crippen LogP contribution in [0.5, 0.6) is 0 Å². The fourth-order valence-electron chi connectivity index (χ4n) is 9.24. The molecule has 4 saturated carbocycles. The van der Waals surface area contributed by atoms with Crippen LogP contribution < -0.4 is 0 Å². The largest absolute Gasteiger partial charge is 0.482 e. The molecule has 4 aliphatic carbocycles. The Morgan fingerprint density at radius 2 is 1.66 bits per heavy atom. The number of hydrogen-bond donors (Lipinski definition) is 3. The quantitative estimate of drug-likeness (QED) is 0.578. The Bertz CT molecular complexity index is 743. The summed E-state index contributed by atoms with van der Waals surface area (Å²) in [5, 5.41) is 30.0. The Kier molecular flexibility index (Phi) is 6.23. The van der Waals surface area contributed by atoms with Crippen LogP contribution in [0, 0.1) is 46.3 Å². The van der Waals surface area contributed by atoms with Gasteiger partial charge in [-0.2, -0.15) is 0 Å². The van der Waals surface area contributed by atoms with Gasteiger partial charge in [-0.15, -0.1) is 0 Å². The van der Waals surface area contributed by atoms with E-state index in [2.05, 4.69) is 20.8 Å². The minimum atomic E-state index is -1.69. The summed E-state index contributed by atoms with van der Waals surface area (Å²) in [6, 6.07) is 0. The molecule has 6 radical (unpaired) electrons. The molecule has 0 amide bonds. The summed E-state index contributed by atoms with van der Waals surface area (Å²) in [4.78, 5) is 11.4. The second-order valence-corrected chi connectivity index (χ2v) is 12.4. The van der Waals surface area contributed by atoms with Crippen molar-refractivity contribution >= 4 is 29.5 Å². The van der Waals surface area contributed by atoms with Crippen LogP contribution in [0.25, 0.3) is 0 Å². The van der Waals surface area contributed by atoms with Gasteiger partial charge in [-0.05, 0) is 96.5 Å². The third kappa shape index (κ3) is 3.54. The summed E-state index contributed by atoms with van der Waals surface area (Å²) < 4.78 is 0. The Balaban J connectivity index is 1.64. The Hall–Kier alpha value is -0.415. The average molecular weight is 436 g/mol. The van der Waals surface area contributed by atoms with Gasteiger partial charge in [-0.25, -0.2) is 0 Å². The minimum Gasteiger partial charge on any atom is -0.482 e. The second-order valence-electron chi connectivity index (χ2n) is 12.4. The van der Waals surface area contributed by atoms with E-state index in [-0.39, 0.29) is 41.1 Å². The summed E-state index contributed by atoms with van der Waals surface area (Å²) >= 11 is 0. The van der Waals surface area contributed by atoms with E-state index in [1.165, 1.54) is 0 Å². The van der Waals surface area contributed by atoms with Gasteiger partial charge in [0.2, 0.25) is 0 Å². The minimum absolute atomic E-state index is 0.0127. The third-order valence-electron chi connectivity index (χ3n) is 11.1. The van der Waals surface area contributed by atoms with Crippen molar-refractivity contribution in [2.24, 2.45) is 46.3 Å². The molecule has 4 nitrogen and oxygen atoms in total. The highest BCUT2D eigenvalue weighted by molar-refractivity contribution is 6.49. The van der Waals surface area contributed by atoms with Crippen molar-refractivity contribution in [3.05, 3.63) is 0 Å². The summed E-state index contributed by atoms with van der Waals surface area (Å²) in [7, 11) is 18.6. The van der Waals surface area contributed by atoms with Crippen LogP contribution in [-0.4, -0.2) is 56.4 Å². The first-order chi connectivity index (χ1) is 14.8. The molecule has 0 aliphatic heterocycles.